The third-order valence-corrected chi connectivity index (χ3v) is 2.85. The molecule has 1 rings (SSSR count). The van der Waals surface area contributed by atoms with Crippen LogP contribution in [0, 0.1) is 11.3 Å². The first-order valence-corrected chi connectivity index (χ1v) is 5.94. The summed E-state index contributed by atoms with van der Waals surface area (Å²) in [6.07, 6.45) is 0.758. The maximum Gasteiger partial charge on any atom is 0.446 e. The molecule has 0 atom stereocenters. The topological polar surface area (TPSA) is 23.8 Å². The number of alkyl halides is 3. The number of hydrogen-bond acceptors (Lipinski definition) is 2. The minimum Gasteiger partial charge on any atom is -0.198 e. The number of hydrogen-bond donors (Lipinski definition) is 0. The molecule has 0 bridgehead atoms. The zero-order valence-corrected chi connectivity index (χ0v) is 10.4. The Bertz CT molecular complexity index is 412. The van der Waals surface area contributed by atoms with Gasteiger partial charge in [0.1, 0.15) is 0 Å². The van der Waals surface area contributed by atoms with Crippen molar-refractivity contribution in [3.63, 3.8) is 0 Å². The second kappa shape index (κ2) is 5.60. The molecule has 1 aromatic rings. The predicted molar refractivity (Wildman–Crippen MR) is 60.0 cm³/mol. The van der Waals surface area contributed by atoms with E-state index in [0.717, 1.165) is 5.56 Å². The maximum absolute atomic E-state index is 12.2. The van der Waals surface area contributed by atoms with E-state index in [1.165, 1.54) is 12.1 Å². The smallest absolute Gasteiger partial charge is 0.198 e. The van der Waals surface area contributed by atoms with Gasteiger partial charge in [0.25, 0.3) is 0 Å². The van der Waals surface area contributed by atoms with Crippen molar-refractivity contribution >= 4 is 27.7 Å². The Morgan fingerprint density at radius 3 is 2.56 bits per heavy atom. The molecule has 0 aliphatic carbocycles. The van der Waals surface area contributed by atoms with E-state index in [2.05, 4.69) is 15.9 Å². The van der Waals surface area contributed by atoms with Gasteiger partial charge in [-0.25, -0.2) is 0 Å². The fourth-order valence-electron chi connectivity index (χ4n) is 1.16. The Kier molecular flexibility index (Phi) is 4.69. The van der Waals surface area contributed by atoms with Gasteiger partial charge in [-0.05, 0) is 41.9 Å². The van der Waals surface area contributed by atoms with Gasteiger partial charge < -0.3 is 0 Å². The van der Waals surface area contributed by atoms with Crippen LogP contribution >= 0.6 is 27.7 Å². The Labute approximate surface area is 104 Å². The summed E-state index contributed by atoms with van der Waals surface area (Å²) >= 11 is 3.00. The number of rotatable bonds is 3. The van der Waals surface area contributed by atoms with E-state index < -0.39 is 5.51 Å². The standard InChI is InChI=1S/C10H7BrF3NS/c11-8-4-7(2-1-3-15)5-9(6-8)16-10(12,13)14/h4-6H,1-2H2. The number of nitriles is 1. The molecule has 0 aliphatic heterocycles. The summed E-state index contributed by atoms with van der Waals surface area (Å²) in [5, 5.41) is 8.41. The molecule has 0 heterocycles. The minimum atomic E-state index is -4.28. The van der Waals surface area contributed by atoms with Crippen molar-refractivity contribution in [1.82, 2.24) is 0 Å². The van der Waals surface area contributed by atoms with Crippen LogP contribution in [0.3, 0.4) is 0 Å². The number of thioether (sulfide) groups is 1. The Balaban J connectivity index is 2.86. The second-order valence-electron chi connectivity index (χ2n) is 3.00. The van der Waals surface area contributed by atoms with Crippen LogP contribution in [0.15, 0.2) is 27.6 Å². The van der Waals surface area contributed by atoms with Crippen LogP contribution in [0.4, 0.5) is 13.2 Å². The van der Waals surface area contributed by atoms with Gasteiger partial charge in [-0.1, -0.05) is 15.9 Å². The van der Waals surface area contributed by atoms with Crippen LogP contribution in [0.5, 0.6) is 0 Å². The van der Waals surface area contributed by atoms with E-state index in [9.17, 15) is 13.2 Å². The molecule has 0 fully saturated rings. The lowest BCUT2D eigenvalue weighted by atomic mass is 10.1. The van der Waals surface area contributed by atoms with Gasteiger partial charge in [-0.3, -0.25) is 0 Å². The van der Waals surface area contributed by atoms with Crippen molar-refractivity contribution < 1.29 is 13.2 Å². The van der Waals surface area contributed by atoms with Crippen molar-refractivity contribution in [3.05, 3.63) is 28.2 Å². The summed E-state index contributed by atoms with van der Waals surface area (Å²) in [5.41, 5.74) is -3.56. The first kappa shape index (κ1) is 13.4. The molecular formula is C10H7BrF3NS. The summed E-state index contributed by atoms with van der Waals surface area (Å²) in [6, 6.07) is 6.55. The average Bonchev–Trinajstić information content (AvgIpc) is 2.10. The number of nitrogens with zero attached hydrogens (tertiary/aromatic N) is 1. The molecule has 0 saturated heterocycles. The highest BCUT2D eigenvalue weighted by Crippen LogP contribution is 2.38. The summed E-state index contributed by atoms with van der Waals surface area (Å²) in [4.78, 5) is 0.134. The van der Waals surface area contributed by atoms with Gasteiger partial charge in [-0.2, -0.15) is 18.4 Å². The Morgan fingerprint density at radius 1 is 1.31 bits per heavy atom. The highest BCUT2D eigenvalue weighted by Gasteiger charge is 2.29. The van der Waals surface area contributed by atoms with E-state index in [-0.39, 0.29) is 16.7 Å². The fraction of sp³-hybridized carbons (Fsp3) is 0.300. The normalized spacial score (nSPS) is 11.2. The third-order valence-electron chi connectivity index (χ3n) is 1.69. The molecule has 0 amide bonds. The molecule has 0 spiro atoms. The van der Waals surface area contributed by atoms with Gasteiger partial charge in [0.2, 0.25) is 0 Å². The fourth-order valence-corrected chi connectivity index (χ4v) is 2.51. The SMILES string of the molecule is N#CCCc1cc(Br)cc(SC(F)(F)F)c1. The zero-order valence-electron chi connectivity index (χ0n) is 8.01. The van der Waals surface area contributed by atoms with Gasteiger partial charge >= 0.3 is 5.51 Å². The van der Waals surface area contributed by atoms with Gasteiger partial charge in [0, 0.05) is 15.8 Å². The summed E-state index contributed by atoms with van der Waals surface area (Å²) in [6.45, 7) is 0. The van der Waals surface area contributed by atoms with Crippen molar-refractivity contribution in [1.29, 1.82) is 5.26 Å². The summed E-state index contributed by atoms with van der Waals surface area (Å²) in [5.74, 6) is 0. The van der Waals surface area contributed by atoms with Gasteiger partial charge in [0.15, 0.2) is 0 Å². The lowest BCUT2D eigenvalue weighted by Crippen LogP contribution is -1.99. The summed E-state index contributed by atoms with van der Waals surface area (Å²) in [7, 11) is 0. The number of aryl methyl sites for hydroxylation is 1. The van der Waals surface area contributed by atoms with E-state index >= 15 is 0 Å². The third kappa shape index (κ3) is 4.90. The molecule has 16 heavy (non-hydrogen) atoms. The minimum absolute atomic E-state index is 0.134. The highest BCUT2D eigenvalue weighted by atomic mass is 79.9. The zero-order chi connectivity index (χ0) is 12.2. The van der Waals surface area contributed by atoms with Crippen molar-refractivity contribution in [2.24, 2.45) is 0 Å². The average molecular weight is 310 g/mol. The van der Waals surface area contributed by atoms with E-state index in [1.807, 2.05) is 6.07 Å². The van der Waals surface area contributed by atoms with E-state index in [1.54, 1.807) is 6.07 Å². The number of benzene rings is 1. The van der Waals surface area contributed by atoms with Gasteiger partial charge in [0.05, 0.1) is 6.07 Å². The molecule has 0 saturated carbocycles. The largest absolute Gasteiger partial charge is 0.446 e. The quantitative estimate of drug-likeness (QED) is 0.767. The van der Waals surface area contributed by atoms with Crippen molar-refractivity contribution in [2.75, 3.05) is 0 Å². The molecule has 0 radical (unpaired) electrons. The molecule has 0 N–H and O–H groups in total. The highest BCUT2D eigenvalue weighted by molar-refractivity contribution is 9.10. The van der Waals surface area contributed by atoms with Crippen LogP contribution in [0.25, 0.3) is 0 Å². The molecule has 86 valence electrons. The van der Waals surface area contributed by atoms with E-state index in [4.69, 9.17) is 5.26 Å². The van der Waals surface area contributed by atoms with Crippen LogP contribution < -0.4 is 0 Å². The molecule has 1 aromatic carbocycles. The Hall–Kier alpha value is -0.670. The molecule has 1 nitrogen and oxygen atoms in total. The first-order valence-electron chi connectivity index (χ1n) is 4.33. The predicted octanol–water partition coefficient (Wildman–Crippen LogP) is 4.52. The van der Waals surface area contributed by atoms with E-state index in [0.29, 0.717) is 17.3 Å². The molecule has 0 aromatic heterocycles. The van der Waals surface area contributed by atoms with Crippen molar-refractivity contribution in [3.8, 4) is 6.07 Å². The first-order chi connectivity index (χ1) is 7.40. The molecular weight excluding hydrogens is 303 g/mol. The van der Waals surface area contributed by atoms with Crippen LogP contribution in [0.1, 0.15) is 12.0 Å². The molecule has 0 unspecified atom stereocenters. The lowest BCUT2D eigenvalue weighted by molar-refractivity contribution is -0.0328. The van der Waals surface area contributed by atoms with Crippen LogP contribution in [-0.2, 0) is 6.42 Å². The molecule has 6 heteroatoms. The maximum atomic E-state index is 12.2. The lowest BCUT2D eigenvalue weighted by Gasteiger charge is -2.07. The number of halogens is 4. The Morgan fingerprint density at radius 2 is 2.00 bits per heavy atom. The monoisotopic (exact) mass is 309 g/mol. The second-order valence-corrected chi connectivity index (χ2v) is 5.06. The molecule has 0 aliphatic rings. The van der Waals surface area contributed by atoms with Gasteiger partial charge in [-0.15, -0.1) is 0 Å². The van der Waals surface area contributed by atoms with Crippen LogP contribution in [-0.4, -0.2) is 5.51 Å². The summed E-state index contributed by atoms with van der Waals surface area (Å²) < 4.78 is 37.0. The van der Waals surface area contributed by atoms with Crippen molar-refractivity contribution in [2.45, 2.75) is 23.2 Å². The van der Waals surface area contributed by atoms with Crippen LogP contribution in [0.2, 0.25) is 0 Å².